The van der Waals surface area contributed by atoms with Gasteiger partial charge in [0.15, 0.2) is 0 Å². The molecule has 0 aliphatic heterocycles. The number of rotatable bonds is 5. The molecule has 0 spiro atoms. The smallest absolute Gasteiger partial charge is 0.315 e. The molecule has 0 atom stereocenters. The summed E-state index contributed by atoms with van der Waals surface area (Å²) in [5.74, 6) is 0.587. The number of aryl methyl sites for hydroxylation is 2. The van der Waals surface area contributed by atoms with Gasteiger partial charge in [0, 0.05) is 4.88 Å². The van der Waals surface area contributed by atoms with E-state index in [-0.39, 0.29) is 0 Å². The second-order valence-electron chi connectivity index (χ2n) is 4.57. The Balaban J connectivity index is 1.60. The molecular formula is C12H17N5OS. The maximum absolute atomic E-state index is 5.43. The third kappa shape index (κ3) is 2.93. The lowest BCUT2D eigenvalue weighted by Gasteiger charge is -2.06. The predicted octanol–water partition coefficient (Wildman–Crippen LogP) is 1.74. The third-order valence-electron chi connectivity index (χ3n) is 3.08. The summed E-state index contributed by atoms with van der Waals surface area (Å²) in [4.78, 5) is 6.11. The van der Waals surface area contributed by atoms with Crippen molar-refractivity contribution in [3.63, 3.8) is 0 Å². The van der Waals surface area contributed by atoms with Gasteiger partial charge in [0.1, 0.15) is 5.01 Å². The Morgan fingerprint density at radius 1 is 1.21 bits per heavy atom. The molecule has 0 saturated carbocycles. The van der Waals surface area contributed by atoms with Crippen LogP contribution in [0, 0.1) is 0 Å². The quantitative estimate of drug-likeness (QED) is 0.868. The Labute approximate surface area is 115 Å². The van der Waals surface area contributed by atoms with E-state index in [1.165, 1.54) is 29.8 Å². The SMILES string of the molecule is CNCc1nnc(NCc2nc3c(s2)CCCC3)o1. The average Bonchev–Trinajstić information content (AvgIpc) is 3.02. The highest BCUT2D eigenvalue weighted by molar-refractivity contribution is 7.11. The molecule has 0 fully saturated rings. The molecule has 1 aliphatic carbocycles. The van der Waals surface area contributed by atoms with Crippen LogP contribution in [0.4, 0.5) is 6.01 Å². The Hall–Kier alpha value is -1.47. The summed E-state index contributed by atoms with van der Waals surface area (Å²) in [6.07, 6.45) is 4.86. The molecule has 2 aromatic rings. The summed E-state index contributed by atoms with van der Waals surface area (Å²) in [7, 11) is 1.84. The highest BCUT2D eigenvalue weighted by atomic mass is 32.1. The van der Waals surface area contributed by atoms with E-state index in [1.54, 1.807) is 11.3 Å². The minimum absolute atomic E-state index is 0.457. The van der Waals surface area contributed by atoms with Crippen LogP contribution in [-0.2, 0) is 25.9 Å². The molecule has 6 nitrogen and oxygen atoms in total. The highest BCUT2D eigenvalue weighted by Gasteiger charge is 2.15. The van der Waals surface area contributed by atoms with Crippen molar-refractivity contribution in [3.05, 3.63) is 21.5 Å². The lowest BCUT2D eigenvalue weighted by Crippen LogP contribution is -2.04. The van der Waals surface area contributed by atoms with E-state index < -0.39 is 0 Å². The summed E-state index contributed by atoms with van der Waals surface area (Å²) in [5, 5.41) is 15.1. The fourth-order valence-corrected chi connectivity index (χ4v) is 3.28. The number of anilines is 1. The van der Waals surface area contributed by atoms with Crippen LogP contribution in [0.25, 0.3) is 0 Å². The molecule has 0 bridgehead atoms. The van der Waals surface area contributed by atoms with Crippen molar-refractivity contribution in [2.24, 2.45) is 0 Å². The van der Waals surface area contributed by atoms with Crippen molar-refractivity contribution in [1.29, 1.82) is 0 Å². The van der Waals surface area contributed by atoms with Crippen LogP contribution in [0.1, 0.15) is 34.3 Å². The molecule has 1 aliphatic rings. The number of nitrogens with one attached hydrogen (secondary N) is 2. The zero-order chi connectivity index (χ0) is 13.1. The molecular weight excluding hydrogens is 262 g/mol. The lowest BCUT2D eigenvalue weighted by molar-refractivity contribution is 0.489. The normalized spacial score (nSPS) is 14.4. The Kier molecular flexibility index (Phi) is 3.74. The number of thiazole rings is 1. The van der Waals surface area contributed by atoms with Crippen molar-refractivity contribution in [2.75, 3.05) is 12.4 Å². The number of fused-ring (bicyclic) bond motifs is 1. The van der Waals surface area contributed by atoms with Crippen LogP contribution in [0.15, 0.2) is 4.42 Å². The monoisotopic (exact) mass is 279 g/mol. The summed E-state index contributed by atoms with van der Waals surface area (Å²) >= 11 is 1.80. The predicted molar refractivity (Wildman–Crippen MR) is 73.1 cm³/mol. The van der Waals surface area contributed by atoms with Gasteiger partial charge in [-0.15, -0.1) is 16.4 Å². The minimum Gasteiger partial charge on any atom is -0.407 e. The molecule has 0 amide bonds. The molecule has 3 rings (SSSR count). The van der Waals surface area contributed by atoms with Gasteiger partial charge in [-0.3, -0.25) is 0 Å². The molecule has 0 unspecified atom stereocenters. The van der Waals surface area contributed by atoms with Crippen molar-refractivity contribution >= 4 is 17.4 Å². The molecule has 2 aromatic heterocycles. The standard InChI is InChI=1S/C12H17N5OS/c1-13-6-10-16-17-12(18-10)14-7-11-15-8-4-2-3-5-9(8)19-11/h13H,2-7H2,1H3,(H,14,17). The van der Waals surface area contributed by atoms with Gasteiger partial charge in [0.2, 0.25) is 5.89 Å². The number of hydrogen-bond donors (Lipinski definition) is 2. The summed E-state index contributed by atoms with van der Waals surface area (Å²) in [6, 6.07) is 0.457. The molecule has 2 N–H and O–H groups in total. The maximum atomic E-state index is 5.43. The van der Waals surface area contributed by atoms with Crippen molar-refractivity contribution in [2.45, 2.75) is 38.8 Å². The average molecular weight is 279 g/mol. The Bertz CT molecular complexity index is 527. The van der Waals surface area contributed by atoms with Crippen LogP contribution in [-0.4, -0.2) is 22.2 Å². The number of nitrogens with zero attached hydrogens (tertiary/aromatic N) is 3. The van der Waals surface area contributed by atoms with Crippen molar-refractivity contribution in [3.8, 4) is 0 Å². The summed E-state index contributed by atoms with van der Waals surface area (Å²) < 4.78 is 5.43. The molecule has 0 saturated heterocycles. The molecule has 19 heavy (non-hydrogen) atoms. The number of aromatic nitrogens is 3. The van der Waals surface area contributed by atoms with Crippen molar-refractivity contribution in [1.82, 2.24) is 20.5 Å². The molecule has 7 heteroatoms. The van der Waals surface area contributed by atoms with Crippen LogP contribution < -0.4 is 10.6 Å². The number of hydrogen-bond acceptors (Lipinski definition) is 7. The van der Waals surface area contributed by atoms with Gasteiger partial charge in [0.05, 0.1) is 18.8 Å². The first-order valence-electron chi connectivity index (χ1n) is 6.53. The van der Waals surface area contributed by atoms with Crippen molar-refractivity contribution < 1.29 is 4.42 Å². The summed E-state index contributed by atoms with van der Waals surface area (Å²) in [5.41, 5.74) is 1.29. The van der Waals surface area contributed by atoms with E-state index in [4.69, 9.17) is 4.42 Å². The first-order valence-corrected chi connectivity index (χ1v) is 7.35. The van der Waals surface area contributed by atoms with Gasteiger partial charge in [-0.05, 0) is 32.7 Å². The van der Waals surface area contributed by atoms with E-state index in [1.807, 2.05) is 7.05 Å². The Morgan fingerprint density at radius 2 is 2.11 bits per heavy atom. The zero-order valence-electron chi connectivity index (χ0n) is 10.9. The Morgan fingerprint density at radius 3 is 2.95 bits per heavy atom. The molecule has 102 valence electrons. The zero-order valence-corrected chi connectivity index (χ0v) is 11.7. The van der Waals surface area contributed by atoms with Gasteiger partial charge < -0.3 is 15.1 Å². The second kappa shape index (κ2) is 5.66. The van der Waals surface area contributed by atoms with Crippen LogP contribution in [0.2, 0.25) is 0 Å². The molecule has 2 heterocycles. The molecule has 0 radical (unpaired) electrons. The fourth-order valence-electron chi connectivity index (χ4n) is 2.18. The minimum atomic E-state index is 0.457. The molecule has 0 aromatic carbocycles. The van der Waals surface area contributed by atoms with Gasteiger partial charge in [0.25, 0.3) is 0 Å². The second-order valence-corrected chi connectivity index (χ2v) is 5.74. The van der Waals surface area contributed by atoms with Gasteiger partial charge in [-0.25, -0.2) is 4.98 Å². The van der Waals surface area contributed by atoms with E-state index in [9.17, 15) is 0 Å². The van der Waals surface area contributed by atoms with Crippen LogP contribution in [0.3, 0.4) is 0 Å². The topological polar surface area (TPSA) is 75.9 Å². The summed E-state index contributed by atoms with van der Waals surface area (Å²) in [6.45, 7) is 1.24. The first-order chi connectivity index (χ1) is 9.35. The largest absolute Gasteiger partial charge is 0.407 e. The van der Waals surface area contributed by atoms with E-state index in [0.717, 1.165) is 11.4 Å². The highest BCUT2D eigenvalue weighted by Crippen LogP contribution is 2.26. The van der Waals surface area contributed by atoms with E-state index in [2.05, 4.69) is 25.8 Å². The lowest BCUT2D eigenvalue weighted by atomic mass is 10.0. The van der Waals surface area contributed by atoms with Gasteiger partial charge in [-0.2, -0.15) is 0 Å². The fraction of sp³-hybridized carbons (Fsp3) is 0.583. The van der Waals surface area contributed by atoms with E-state index in [0.29, 0.717) is 25.0 Å². The third-order valence-corrected chi connectivity index (χ3v) is 4.23. The first kappa shape index (κ1) is 12.6. The maximum Gasteiger partial charge on any atom is 0.315 e. The van der Waals surface area contributed by atoms with Gasteiger partial charge in [-0.1, -0.05) is 5.10 Å². The van der Waals surface area contributed by atoms with Crippen LogP contribution >= 0.6 is 11.3 Å². The van der Waals surface area contributed by atoms with Gasteiger partial charge >= 0.3 is 6.01 Å². The van der Waals surface area contributed by atoms with E-state index >= 15 is 0 Å². The van der Waals surface area contributed by atoms with Crippen LogP contribution in [0.5, 0.6) is 0 Å².